The highest BCUT2D eigenvalue weighted by Gasteiger charge is 1.99. The molecule has 0 aliphatic heterocycles. The van der Waals surface area contributed by atoms with E-state index in [0.717, 1.165) is 0 Å². The Morgan fingerprint density at radius 3 is 2.00 bits per heavy atom. The van der Waals surface area contributed by atoms with Crippen LogP contribution in [-0.2, 0) is 14.3 Å². The third kappa shape index (κ3) is 11.8. The van der Waals surface area contributed by atoms with Crippen LogP contribution in [0, 0.1) is 0 Å². The van der Waals surface area contributed by atoms with Gasteiger partial charge in [-0.2, -0.15) is 0 Å². The molecule has 0 saturated heterocycles. The van der Waals surface area contributed by atoms with Crippen LogP contribution in [-0.4, -0.2) is 23.7 Å². The van der Waals surface area contributed by atoms with Crippen molar-refractivity contribution in [2.24, 2.45) is 0 Å². The highest BCUT2D eigenvalue weighted by Crippen LogP contribution is 1.96. The molecule has 0 unspecified atom stereocenters. The SMILES string of the molecule is C=CCC(=C)C(=O)O.C=CCOC(=O)C(=C)C. The van der Waals surface area contributed by atoms with Gasteiger partial charge >= 0.3 is 11.9 Å². The van der Waals surface area contributed by atoms with Crippen molar-refractivity contribution in [2.75, 3.05) is 6.61 Å². The highest BCUT2D eigenvalue weighted by atomic mass is 16.5. The van der Waals surface area contributed by atoms with Gasteiger partial charge in [0, 0.05) is 11.1 Å². The van der Waals surface area contributed by atoms with Crippen LogP contribution >= 0.6 is 0 Å². The topological polar surface area (TPSA) is 63.6 Å². The van der Waals surface area contributed by atoms with Gasteiger partial charge in [-0.3, -0.25) is 0 Å². The maximum absolute atomic E-state index is 10.5. The minimum absolute atomic E-state index is 0.181. The molecule has 94 valence electrons. The second-order valence-corrected chi connectivity index (χ2v) is 3.07. The van der Waals surface area contributed by atoms with Gasteiger partial charge in [-0.25, -0.2) is 9.59 Å². The molecule has 0 aromatic rings. The lowest BCUT2D eigenvalue weighted by atomic mass is 10.2. The molecule has 0 fully saturated rings. The number of aliphatic carboxylic acids is 1. The van der Waals surface area contributed by atoms with Crippen molar-refractivity contribution >= 4 is 11.9 Å². The molecule has 0 amide bonds. The number of hydrogen-bond acceptors (Lipinski definition) is 3. The number of ether oxygens (including phenoxy) is 1. The summed E-state index contributed by atoms with van der Waals surface area (Å²) in [4.78, 5) is 20.5. The second kappa shape index (κ2) is 10.4. The van der Waals surface area contributed by atoms with Gasteiger partial charge in [0.15, 0.2) is 0 Å². The first kappa shape index (κ1) is 17.3. The predicted octanol–water partition coefficient (Wildman–Crippen LogP) is 2.50. The van der Waals surface area contributed by atoms with E-state index in [1.165, 1.54) is 12.2 Å². The predicted molar refractivity (Wildman–Crippen MR) is 67.6 cm³/mol. The van der Waals surface area contributed by atoms with Crippen LogP contribution in [0.4, 0.5) is 0 Å². The molecule has 17 heavy (non-hydrogen) atoms. The highest BCUT2D eigenvalue weighted by molar-refractivity contribution is 5.87. The van der Waals surface area contributed by atoms with E-state index in [2.05, 4.69) is 31.1 Å². The van der Waals surface area contributed by atoms with Crippen LogP contribution in [0.1, 0.15) is 13.3 Å². The van der Waals surface area contributed by atoms with Gasteiger partial charge in [0.2, 0.25) is 0 Å². The summed E-state index contributed by atoms with van der Waals surface area (Å²) < 4.78 is 4.60. The number of carbonyl (C=O) groups is 2. The summed E-state index contributed by atoms with van der Waals surface area (Å²) in [5.41, 5.74) is 0.594. The van der Waals surface area contributed by atoms with Gasteiger partial charge in [0.05, 0.1) is 0 Å². The van der Waals surface area contributed by atoms with Crippen LogP contribution in [0.2, 0.25) is 0 Å². The van der Waals surface area contributed by atoms with Gasteiger partial charge in [-0.05, 0) is 13.3 Å². The Morgan fingerprint density at radius 2 is 1.76 bits per heavy atom. The van der Waals surface area contributed by atoms with E-state index < -0.39 is 5.97 Å². The fourth-order valence-electron chi connectivity index (χ4n) is 0.519. The number of carbonyl (C=O) groups excluding carboxylic acids is 1. The summed E-state index contributed by atoms with van der Waals surface area (Å²) in [6.45, 7) is 15.3. The average Bonchev–Trinajstić information content (AvgIpc) is 2.26. The number of esters is 1. The van der Waals surface area contributed by atoms with Crippen molar-refractivity contribution in [3.05, 3.63) is 49.6 Å². The second-order valence-electron chi connectivity index (χ2n) is 3.07. The van der Waals surface area contributed by atoms with Crippen molar-refractivity contribution in [1.29, 1.82) is 0 Å². The van der Waals surface area contributed by atoms with E-state index in [0.29, 0.717) is 12.0 Å². The summed E-state index contributed by atoms with van der Waals surface area (Å²) in [6.07, 6.45) is 3.38. The molecular formula is C13H18O4. The summed E-state index contributed by atoms with van der Waals surface area (Å²) in [5, 5.41) is 8.17. The minimum Gasteiger partial charge on any atom is -0.478 e. The van der Waals surface area contributed by atoms with E-state index in [1.54, 1.807) is 6.92 Å². The molecular weight excluding hydrogens is 220 g/mol. The molecule has 0 saturated carbocycles. The zero-order valence-corrected chi connectivity index (χ0v) is 10.1. The van der Waals surface area contributed by atoms with E-state index in [-0.39, 0.29) is 18.1 Å². The standard InChI is InChI=1S/C7H10O2.C6H8O2/c1-4-5-9-7(8)6(2)3;1-3-4-5(2)6(7)8/h4H,1-2,5H2,3H3;3H,1-2,4H2,(H,7,8). The third-order valence-corrected chi connectivity index (χ3v) is 1.37. The quantitative estimate of drug-likeness (QED) is 0.438. The van der Waals surface area contributed by atoms with E-state index >= 15 is 0 Å². The Hall–Kier alpha value is -2.10. The van der Waals surface area contributed by atoms with Crippen LogP contribution in [0.15, 0.2) is 49.6 Å². The van der Waals surface area contributed by atoms with E-state index in [1.807, 2.05) is 0 Å². The van der Waals surface area contributed by atoms with Gasteiger partial charge in [-0.15, -0.1) is 6.58 Å². The summed E-state index contributed by atoms with van der Waals surface area (Å²) >= 11 is 0. The van der Waals surface area contributed by atoms with Crippen molar-refractivity contribution in [1.82, 2.24) is 0 Å². The Labute approximate surface area is 102 Å². The largest absolute Gasteiger partial charge is 0.478 e. The molecule has 4 nitrogen and oxygen atoms in total. The van der Waals surface area contributed by atoms with Gasteiger partial charge in [0.1, 0.15) is 6.61 Å². The van der Waals surface area contributed by atoms with Crippen LogP contribution < -0.4 is 0 Å². The summed E-state index contributed by atoms with van der Waals surface area (Å²) in [5.74, 6) is -1.32. The Kier molecular flexibility index (Phi) is 10.6. The molecule has 0 heterocycles. The lowest BCUT2D eigenvalue weighted by molar-refractivity contribution is -0.137. The van der Waals surface area contributed by atoms with Gasteiger partial charge in [0.25, 0.3) is 0 Å². The molecule has 0 atom stereocenters. The fraction of sp³-hybridized carbons (Fsp3) is 0.231. The lowest BCUT2D eigenvalue weighted by Gasteiger charge is -1.97. The van der Waals surface area contributed by atoms with Crippen LogP contribution in [0.5, 0.6) is 0 Å². The molecule has 0 aliphatic rings. The molecule has 0 spiro atoms. The van der Waals surface area contributed by atoms with Crippen LogP contribution in [0.25, 0.3) is 0 Å². The summed E-state index contributed by atoms with van der Waals surface area (Å²) in [7, 11) is 0. The molecule has 0 aromatic carbocycles. The number of allylic oxidation sites excluding steroid dienone is 1. The molecule has 1 N–H and O–H groups in total. The zero-order chi connectivity index (χ0) is 13.8. The molecule has 4 heteroatoms. The first-order valence-electron chi connectivity index (χ1n) is 4.82. The average molecular weight is 238 g/mol. The minimum atomic E-state index is -0.954. The molecule has 0 rings (SSSR count). The number of rotatable bonds is 6. The van der Waals surface area contributed by atoms with Gasteiger partial charge in [-0.1, -0.05) is 31.9 Å². The Bertz CT molecular complexity index is 326. The maximum atomic E-state index is 10.5. The van der Waals surface area contributed by atoms with Gasteiger partial charge < -0.3 is 9.84 Å². The first-order valence-corrected chi connectivity index (χ1v) is 4.82. The van der Waals surface area contributed by atoms with E-state index in [4.69, 9.17) is 5.11 Å². The molecule has 0 aromatic heterocycles. The van der Waals surface area contributed by atoms with Crippen molar-refractivity contribution in [3.63, 3.8) is 0 Å². The number of carboxylic acids is 1. The first-order chi connectivity index (χ1) is 7.86. The Balaban J connectivity index is 0. The van der Waals surface area contributed by atoms with E-state index in [9.17, 15) is 9.59 Å². The molecule has 0 aliphatic carbocycles. The Morgan fingerprint density at radius 1 is 1.24 bits per heavy atom. The monoisotopic (exact) mass is 238 g/mol. The maximum Gasteiger partial charge on any atom is 0.333 e. The number of carboxylic acid groups (broad SMARTS) is 1. The van der Waals surface area contributed by atoms with Crippen molar-refractivity contribution in [2.45, 2.75) is 13.3 Å². The summed E-state index contributed by atoms with van der Waals surface area (Å²) in [6, 6.07) is 0. The molecule has 0 radical (unpaired) electrons. The fourth-order valence-corrected chi connectivity index (χ4v) is 0.519. The number of hydrogen-bond donors (Lipinski definition) is 1. The van der Waals surface area contributed by atoms with Crippen LogP contribution in [0.3, 0.4) is 0 Å². The van der Waals surface area contributed by atoms with Crippen molar-refractivity contribution < 1.29 is 19.4 Å². The normalized spacial score (nSPS) is 8.06. The third-order valence-electron chi connectivity index (χ3n) is 1.37. The smallest absolute Gasteiger partial charge is 0.333 e. The van der Waals surface area contributed by atoms with Crippen molar-refractivity contribution in [3.8, 4) is 0 Å². The zero-order valence-electron chi connectivity index (χ0n) is 10.1. The lowest BCUT2D eigenvalue weighted by Crippen LogP contribution is -2.03. The molecule has 0 bridgehead atoms.